The van der Waals surface area contributed by atoms with E-state index in [1.807, 2.05) is 4.90 Å². The quantitative estimate of drug-likeness (QED) is 0.793. The van der Waals surface area contributed by atoms with Gasteiger partial charge in [-0.15, -0.1) is 0 Å². The number of rotatable bonds is 5. The maximum absolute atomic E-state index is 12.3. The molecule has 0 radical (unpaired) electrons. The molecule has 1 amide bonds. The number of hydrogen-bond acceptors (Lipinski definition) is 5. The van der Waals surface area contributed by atoms with Crippen LogP contribution in [0.2, 0.25) is 0 Å². The number of likely N-dealkylation sites (tertiary alicyclic amines) is 1. The van der Waals surface area contributed by atoms with E-state index in [2.05, 4.69) is 10.3 Å². The van der Waals surface area contributed by atoms with Gasteiger partial charge in [0.25, 0.3) is 5.56 Å². The first-order valence-corrected chi connectivity index (χ1v) is 7.48. The number of amides is 1. The Kier molecular flexibility index (Phi) is 3.92. The van der Waals surface area contributed by atoms with Crippen LogP contribution in [-0.4, -0.2) is 46.0 Å². The molecule has 0 bridgehead atoms. The van der Waals surface area contributed by atoms with Crippen molar-refractivity contribution in [1.29, 1.82) is 0 Å². The Morgan fingerprint density at radius 2 is 2.05 bits per heavy atom. The third kappa shape index (κ3) is 3.41. The number of nitrogens with zero attached hydrogens (tertiary/aromatic N) is 3. The summed E-state index contributed by atoms with van der Waals surface area (Å²) in [6, 6.07) is 0.586. The van der Waals surface area contributed by atoms with Gasteiger partial charge in [-0.05, 0) is 25.7 Å². The standard InChI is InChI=1S/C14H21N5O2/c15-12(20)9-18-6-3-10(4-7-18)17-13-14(21)19(8-5-16-13)11-1-2-11/h5,8,10-11H,1-4,6-7,9H2,(H2,15,20)(H,16,17). The minimum absolute atomic E-state index is 0.0282. The summed E-state index contributed by atoms with van der Waals surface area (Å²) in [5.41, 5.74) is 5.17. The monoisotopic (exact) mass is 291 g/mol. The Hall–Kier alpha value is -1.89. The molecule has 0 unspecified atom stereocenters. The highest BCUT2D eigenvalue weighted by Gasteiger charge is 2.26. The number of carbonyl (C=O) groups is 1. The van der Waals surface area contributed by atoms with E-state index < -0.39 is 0 Å². The predicted molar refractivity (Wildman–Crippen MR) is 79.0 cm³/mol. The number of aromatic nitrogens is 2. The van der Waals surface area contributed by atoms with Gasteiger partial charge in [-0.1, -0.05) is 0 Å². The fraction of sp³-hybridized carbons (Fsp3) is 0.643. The number of primary amides is 1. The van der Waals surface area contributed by atoms with Gasteiger partial charge in [0.2, 0.25) is 5.91 Å². The second-order valence-corrected chi connectivity index (χ2v) is 5.88. The van der Waals surface area contributed by atoms with Crippen LogP contribution in [0.3, 0.4) is 0 Å². The Labute approximate surface area is 123 Å². The average molecular weight is 291 g/mol. The van der Waals surface area contributed by atoms with Crippen molar-refractivity contribution in [3.8, 4) is 0 Å². The summed E-state index contributed by atoms with van der Waals surface area (Å²) in [5.74, 6) is 0.149. The summed E-state index contributed by atoms with van der Waals surface area (Å²) < 4.78 is 1.78. The molecule has 2 heterocycles. The van der Waals surface area contributed by atoms with Crippen LogP contribution in [0.5, 0.6) is 0 Å². The highest BCUT2D eigenvalue weighted by atomic mass is 16.1. The maximum Gasteiger partial charge on any atom is 0.293 e. The molecule has 1 aromatic heterocycles. The first-order chi connectivity index (χ1) is 10.1. The molecule has 2 aliphatic rings. The molecule has 0 spiro atoms. The molecular formula is C14H21N5O2. The van der Waals surface area contributed by atoms with Crippen molar-refractivity contribution in [3.05, 3.63) is 22.7 Å². The molecule has 3 N–H and O–H groups in total. The normalized spacial score (nSPS) is 20.4. The fourth-order valence-corrected chi connectivity index (χ4v) is 2.81. The largest absolute Gasteiger partial charge is 0.369 e. The van der Waals surface area contributed by atoms with E-state index in [4.69, 9.17) is 5.73 Å². The van der Waals surface area contributed by atoms with Crippen LogP contribution in [0.4, 0.5) is 5.82 Å². The molecule has 1 aromatic rings. The number of hydrogen-bond donors (Lipinski definition) is 2. The van der Waals surface area contributed by atoms with Gasteiger partial charge in [-0.25, -0.2) is 4.98 Å². The van der Waals surface area contributed by atoms with Crippen molar-refractivity contribution in [2.45, 2.75) is 37.8 Å². The SMILES string of the molecule is NC(=O)CN1CCC(Nc2nccn(C3CC3)c2=O)CC1. The van der Waals surface area contributed by atoms with E-state index in [0.29, 0.717) is 18.4 Å². The third-order valence-electron chi connectivity index (χ3n) is 4.12. The Morgan fingerprint density at radius 1 is 1.33 bits per heavy atom. The van der Waals surface area contributed by atoms with Gasteiger partial charge in [-0.2, -0.15) is 0 Å². The zero-order valence-corrected chi connectivity index (χ0v) is 12.0. The number of nitrogens with one attached hydrogen (secondary N) is 1. The zero-order chi connectivity index (χ0) is 14.8. The number of anilines is 1. The van der Waals surface area contributed by atoms with Crippen LogP contribution in [0.25, 0.3) is 0 Å². The highest BCUT2D eigenvalue weighted by Crippen LogP contribution is 2.33. The second kappa shape index (κ2) is 5.85. The summed E-state index contributed by atoms with van der Waals surface area (Å²) in [6.07, 6.45) is 7.37. The lowest BCUT2D eigenvalue weighted by atomic mass is 10.1. The van der Waals surface area contributed by atoms with Gasteiger partial charge in [-0.3, -0.25) is 14.5 Å². The molecule has 1 aliphatic heterocycles. The molecule has 21 heavy (non-hydrogen) atoms. The van der Waals surface area contributed by atoms with Crippen molar-refractivity contribution in [1.82, 2.24) is 14.5 Å². The van der Waals surface area contributed by atoms with E-state index in [0.717, 1.165) is 38.8 Å². The first-order valence-electron chi connectivity index (χ1n) is 7.48. The van der Waals surface area contributed by atoms with Gasteiger partial charge < -0.3 is 15.6 Å². The van der Waals surface area contributed by atoms with Gasteiger partial charge in [0.05, 0.1) is 6.54 Å². The lowest BCUT2D eigenvalue weighted by Gasteiger charge is -2.31. The number of carbonyl (C=O) groups excluding carboxylic acids is 1. The van der Waals surface area contributed by atoms with E-state index in [9.17, 15) is 9.59 Å². The van der Waals surface area contributed by atoms with E-state index in [1.54, 1.807) is 17.0 Å². The van der Waals surface area contributed by atoms with E-state index in [1.165, 1.54) is 0 Å². The van der Waals surface area contributed by atoms with Crippen LogP contribution in [0.15, 0.2) is 17.2 Å². The van der Waals surface area contributed by atoms with Crippen LogP contribution < -0.4 is 16.6 Å². The van der Waals surface area contributed by atoms with Crippen molar-refractivity contribution < 1.29 is 4.79 Å². The van der Waals surface area contributed by atoms with Crippen LogP contribution in [0.1, 0.15) is 31.7 Å². The summed E-state index contributed by atoms with van der Waals surface area (Å²) in [5, 5.41) is 3.26. The molecule has 3 rings (SSSR count). The van der Waals surface area contributed by atoms with Crippen LogP contribution in [0, 0.1) is 0 Å². The molecule has 1 saturated carbocycles. The van der Waals surface area contributed by atoms with Crippen molar-refractivity contribution >= 4 is 11.7 Å². The maximum atomic E-state index is 12.3. The smallest absolute Gasteiger partial charge is 0.293 e. The van der Waals surface area contributed by atoms with Crippen molar-refractivity contribution in [2.75, 3.05) is 25.0 Å². The van der Waals surface area contributed by atoms with Gasteiger partial charge >= 0.3 is 0 Å². The zero-order valence-electron chi connectivity index (χ0n) is 12.0. The molecule has 114 valence electrons. The molecule has 2 fully saturated rings. The van der Waals surface area contributed by atoms with Crippen molar-refractivity contribution in [2.24, 2.45) is 5.73 Å². The average Bonchev–Trinajstić information content (AvgIpc) is 3.27. The predicted octanol–water partition coefficient (Wildman–Crippen LogP) is -0.0602. The lowest BCUT2D eigenvalue weighted by Crippen LogP contribution is -2.43. The van der Waals surface area contributed by atoms with Crippen molar-refractivity contribution in [3.63, 3.8) is 0 Å². The van der Waals surface area contributed by atoms with E-state index in [-0.39, 0.29) is 17.5 Å². The first kappa shape index (κ1) is 14.1. The summed E-state index contributed by atoms with van der Waals surface area (Å²) >= 11 is 0. The Bertz CT molecular complexity index is 573. The minimum Gasteiger partial charge on any atom is -0.369 e. The summed E-state index contributed by atoms with van der Waals surface area (Å²) in [4.78, 5) is 29.4. The second-order valence-electron chi connectivity index (χ2n) is 5.88. The number of piperidine rings is 1. The highest BCUT2D eigenvalue weighted by molar-refractivity contribution is 5.75. The van der Waals surface area contributed by atoms with Crippen LogP contribution >= 0.6 is 0 Å². The summed E-state index contributed by atoms with van der Waals surface area (Å²) in [6.45, 7) is 1.93. The summed E-state index contributed by atoms with van der Waals surface area (Å²) in [7, 11) is 0. The number of nitrogens with two attached hydrogens (primary N) is 1. The molecule has 7 nitrogen and oxygen atoms in total. The van der Waals surface area contributed by atoms with Crippen LogP contribution in [-0.2, 0) is 4.79 Å². The molecule has 0 aromatic carbocycles. The lowest BCUT2D eigenvalue weighted by molar-refractivity contribution is -0.119. The minimum atomic E-state index is -0.293. The third-order valence-corrected chi connectivity index (χ3v) is 4.12. The van der Waals surface area contributed by atoms with E-state index >= 15 is 0 Å². The Morgan fingerprint density at radius 3 is 2.67 bits per heavy atom. The molecular weight excluding hydrogens is 270 g/mol. The molecule has 1 saturated heterocycles. The molecule has 7 heteroatoms. The van der Waals surface area contributed by atoms with Gasteiger partial charge in [0, 0.05) is 37.6 Å². The molecule has 0 atom stereocenters. The topological polar surface area (TPSA) is 93.2 Å². The molecule has 1 aliphatic carbocycles. The van der Waals surface area contributed by atoms with Gasteiger partial charge in [0.15, 0.2) is 5.82 Å². The van der Waals surface area contributed by atoms with Gasteiger partial charge in [0.1, 0.15) is 0 Å². The Balaban J connectivity index is 1.59. The fourth-order valence-electron chi connectivity index (χ4n) is 2.81.